The first-order valence-electron chi connectivity index (χ1n) is 8.51. The van der Waals surface area contributed by atoms with E-state index in [0.29, 0.717) is 40.9 Å². The van der Waals surface area contributed by atoms with Gasteiger partial charge in [0.25, 0.3) is 0 Å². The predicted molar refractivity (Wildman–Crippen MR) is 105 cm³/mol. The van der Waals surface area contributed by atoms with E-state index < -0.39 is 0 Å². The van der Waals surface area contributed by atoms with Crippen LogP contribution in [0.4, 0.5) is 5.69 Å². The molecule has 1 heterocycles. The smallest absolute Gasteiger partial charge is 0.225 e. The highest BCUT2D eigenvalue weighted by atomic mass is 32.2. The van der Waals surface area contributed by atoms with Gasteiger partial charge in [0.05, 0.1) is 11.6 Å². The number of benzene rings is 2. The van der Waals surface area contributed by atoms with Crippen LogP contribution in [0, 0.1) is 11.3 Å². The number of nitriles is 1. The van der Waals surface area contributed by atoms with Crippen molar-refractivity contribution in [3.8, 4) is 11.8 Å². The normalized spacial score (nSPS) is 10.3. The van der Waals surface area contributed by atoms with Crippen LogP contribution in [0.25, 0.3) is 0 Å². The van der Waals surface area contributed by atoms with E-state index in [1.54, 1.807) is 36.0 Å². The maximum atomic E-state index is 12.1. The quantitative estimate of drug-likeness (QED) is 0.586. The number of rotatable bonds is 8. The lowest BCUT2D eigenvalue weighted by Crippen LogP contribution is -2.12. The molecule has 0 saturated heterocycles. The number of hydrogen-bond acceptors (Lipinski definition) is 7. The molecule has 3 aromatic rings. The first-order valence-corrected chi connectivity index (χ1v) is 9.49. The number of tetrazole rings is 1. The summed E-state index contributed by atoms with van der Waals surface area (Å²) in [5.74, 6) is 1.12. The van der Waals surface area contributed by atoms with Crippen LogP contribution in [0.1, 0.15) is 17.5 Å². The molecular formula is C19H18N6O2S. The summed E-state index contributed by atoms with van der Waals surface area (Å²) in [4.78, 5) is 12.1. The number of anilines is 1. The highest BCUT2D eigenvalue weighted by Gasteiger charge is 2.07. The average Bonchev–Trinajstić information content (AvgIpc) is 3.11. The SMILES string of the molecule is Cn1nnnc1SCCC(=O)Nc1cccc(OCc2cccc(C#N)c2)c1. The number of aromatic nitrogens is 4. The summed E-state index contributed by atoms with van der Waals surface area (Å²) in [7, 11) is 1.75. The topological polar surface area (TPSA) is 106 Å². The highest BCUT2D eigenvalue weighted by molar-refractivity contribution is 7.99. The summed E-state index contributed by atoms with van der Waals surface area (Å²) < 4.78 is 7.33. The van der Waals surface area contributed by atoms with Gasteiger partial charge in [0.1, 0.15) is 12.4 Å². The number of ether oxygens (including phenoxy) is 1. The van der Waals surface area contributed by atoms with Gasteiger partial charge in [-0.15, -0.1) is 5.10 Å². The fourth-order valence-corrected chi connectivity index (χ4v) is 3.15. The van der Waals surface area contributed by atoms with Gasteiger partial charge in [0.15, 0.2) is 0 Å². The van der Waals surface area contributed by atoms with Gasteiger partial charge in [0.2, 0.25) is 11.1 Å². The van der Waals surface area contributed by atoms with Crippen molar-refractivity contribution in [3.63, 3.8) is 0 Å². The predicted octanol–water partition coefficient (Wildman–Crippen LogP) is 2.78. The van der Waals surface area contributed by atoms with Crippen LogP contribution in [-0.4, -0.2) is 31.9 Å². The Kier molecular flexibility index (Phi) is 6.59. The van der Waals surface area contributed by atoms with Crippen molar-refractivity contribution in [3.05, 3.63) is 59.7 Å². The molecule has 1 amide bonds. The Hall–Kier alpha value is -3.38. The Morgan fingerprint density at radius 1 is 1.29 bits per heavy atom. The van der Waals surface area contributed by atoms with Gasteiger partial charge in [-0.2, -0.15) is 5.26 Å². The van der Waals surface area contributed by atoms with E-state index in [1.807, 2.05) is 24.3 Å². The van der Waals surface area contributed by atoms with Crippen molar-refractivity contribution in [1.82, 2.24) is 20.2 Å². The summed E-state index contributed by atoms with van der Waals surface area (Å²) in [5, 5.41) is 23.6. The molecule has 1 aromatic heterocycles. The van der Waals surface area contributed by atoms with Crippen molar-refractivity contribution in [2.75, 3.05) is 11.1 Å². The number of thioether (sulfide) groups is 1. The number of carbonyl (C=O) groups excluding carboxylic acids is 1. The van der Waals surface area contributed by atoms with Crippen LogP contribution in [0.5, 0.6) is 5.75 Å². The summed E-state index contributed by atoms with van der Waals surface area (Å²) in [5.41, 5.74) is 2.17. The fourth-order valence-electron chi connectivity index (χ4n) is 2.36. The second kappa shape index (κ2) is 9.53. The molecule has 0 bridgehead atoms. The molecule has 9 heteroatoms. The van der Waals surface area contributed by atoms with E-state index in [4.69, 9.17) is 10.00 Å². The van der Waals surface area contributed by atoms with Crippen molar-refractivity contribution in [1.29, 1.82) is 5.26 Å². The molecule has 1 N–H and O–H groups in total. The maximum Gasteiger partial charge on any atom is 0.225 e. The van der Waals surface area contributed by atoms with Gasteiger partial charge in [-0.1, -0.05) is 30.0 Å². The number of nitrogens with zero attached hydrogens (tertiary/aromatic N) is 5. The van der Waals surface area contributed by atoms with E-state index >= 15 is 0 Å². The number of nitrogens with one attached hydrogen (secondary N) is 1. The van der Waals surface area contributed by atoms with Crippen LogP contribution in [0.2, 0.25) is 0 Å². The Morgan fingerprint density at radius 3 is 2.93 bits per heavy atom. The van der Waals surface area contributed by atoms with Crippen LogP contribution in [0.15, 0.2) is 53.7 Å². The van der Waals surface area contributed by atoms with Gasteiger partial charge in [-0.25, -0.2) is 4.68 Å². The third kappa shape index (κ3) is 5.56. The minimum Gasteiger partial charge on any atom is -0.489 e. The van der Waals surface area contributed by atoms with Gasteiger partial charge >= 0.3 is 0 Å². The molecule has 0 unspecified atom stereocenters. The van der Waals surface area contributed by atoms with Gasteiger partial charge in [-0.05, 0) is 40.3 Å². The molecule has 0 saturated carbocycles. The van der Waals surface area contributed by atoms with Gasteiger partial charge in [-0.3, -0.25) is 4.79 Å². The molecule has 3 rings (SSSR count). The van der Waals surface area contributed by atoms with Gasteiger partial charge in [0, 0.05) is 31.0 Å². The van der Waals surface area contributed by atoms with E-state index in [9.17, 15) is 4.79 Å². The second-order valence-electron chi connectivity index (χ2n) is 5.86. The first kappa shape index (κ1) is 19.4. The Morgan fingerprint density at radius 2 is 2.14 bits per heavy atom. The zero-order chi connectivity index (χ0) is 19.8. The minimum atomic E-state index is -0.0958. The summed E-state index contributed by atoms with van der Waals surface area (Å²) in [6, 6.07) is 16.6. The van der Waals surface area contributed by atoms with Crippen molar-refractivity contribution in [2.24, 2.45) is 7.05 Å². The molecule has 0 radical (unpaired) electrons. The molecule has 8 nitrogen and oxygen atoms in total. The maximum absolute atomic E-state index is 12.1. The molecule has 28 heavy (non-hydrogen) atoms. The molecular weight excluding hydrogens is 376 g/mol. The van der Waals surface area contributed by atoms with Gasteiger partial charge < -0.3 is 10.1 Å². The summed E-state index contributed by atoms with van der Waals surface area (Å²) >= 11 is 1.42. The number of amides is 1. The molecule has 0 aliphatic heterocycles. The first-order chi connectivity index (χ1) is 13.6. The van der Waals surface area contributed by atoms with E-state index in [-0.39, 0.29) is 5.91 Å². The lowest BCUT2D eigenvalue weighted by atomic mass is 10.1. The van der Waals surface area contributed by atoms with Crippen molar-refractivity contribution in [2.45, 2.75) is 18.2 Å². The Bertz CT molecular complexity index is 998. The van der Waals surface area contributed by atoms with E-state index in [2.05, 4.69) is 26.9 Å². The zero-order valence-corrected chi connectivity index (χ0v) is 16.0. The molecule has 0 spiro atoms. The molecule has 0 fully saturated rings. The standard InChI is InChI=1S/C19H18N6O2S/c1-25-19(22-23-24-25)28-9-8-18(26)21-16-6-3-7-17(11-16)27-13-15-5-2-4-14(10-15)12-20/h2-7,10-11H,8-9,13H2,1H3,(H,21,26). The Labute approximate surface area is 166 Å². The van der Waals surface area contributed by atoms with Crippen molar-refractivity contribution >= 4 is 23.4 Å². The molecule has 0 aliphatic rings. The Balaban J connectivity index is 1.49. The van der Waals surface area contributed by atoms with Crippen LogP contribution in [0.3, 0.4) is 0 Å². The monoisotopic (exact) mass is 394 g/mol. The largest absolute Gasteiger partial charge is 0.489 e. The lowest BCUT2D eigenvalue weighted by molar-refractivity contribution is -0.115. The number of carbonyl (C=O) groups is 1. The lowest BCUT2D eigenvalue weighted by Gasteiger charge is -2.09. The van der Waals surface area contributed by atoms with E-state index in [1.165, 1.54) is 11.8 Å². The van der Waals surface area contributed by atoms with E-state index in [0.717, 1.165) is 5.56 Å². The van der Waals surface area contributed by atoms with Crippen LogP contribution in [-0.2, 0) is 18.4 Å². The van der Waals surface area contributed by atoms with Crippen LogP contribution >= 0.6 is 11.8 Å². The molecule has 2 aromatic carbocycles. The van der Waals surface area contributed by atoms with Crippen molar-refractivity contribution < 1.29 is 9.53 Å². The third-order valence-corrected chi connectivity index (χ3v) is 4.73. The molecule has 0 aliphatic carbocycles. The average molecular weight is 394 g/mol. The molecule has 0 atom stereocenters. The minimum absolute atomic E-state index is 0.0958. The summed E-state index contributed by atoms with van der Waals surface area (Å²) in [6.07, 6.45) is 0.337. The fraction of sp³-hybridized carbons (Fsp3) is 0.211. The highest BCUT2D eigenvalue weighted by Crippen LogP contribution is 2.20. The second-order valence-corrected chi connectivity index (χ2v) is 6.92. The van der Waals surface area contributed by atoms with Crippen LogP contribution < -0.4 is 10.1 Å². The number of aryl methyl sites for hydroxylation is 1. The molecule has 142 valence electrons. The zero-order valence-electron chi connectivity index (χ0n) is 15.2. The summed E-state index contributed by atoms with van der Waals surface area (Å²) in [6.45, 7) is 0.343. The third-order valence-electron chi connectivity index (χ3n) is 3.72. The number of hydrogen-bond donors (Lipinski definition) is 1.